The molecule has 2 aromatic heterocycles. The number of nitrogens with zero attached hydrogens (tertiary/aromatic N) is 2. The Labute approximate surface area is 121 Å². The third-order valence-corrected chi connectivity index (χ3v) is 4.21. The van der Waals surface area contributed by atoms with E-state index >= 15 is 0 Å². The molecule has 3 aromatic rings. The summed E-state index contributed by atoms with van der Waals surface area (Å²) in [4.78, 5) is 5.73. The van der Waals surface area contributed by atoms with E-state index in [2.05, 4.69) is 4.98 Å². The maximum atomic E-state index is 9.73. The van der Waals surface area contributed by atoms with Crippen LogP contribution < -0.4 is 5.73 Å². The molecule has 0 aliphatic heterocycles. The van der Waals surface area contributed by atoms with Crippen molar-refractivity contribution in [1.29, 1.82) is 0 Å². The molecule has 4 nitrogen and oxygen atoms in total. The third kappa shape index (κ3) is 2.35. The minimum atomic E-state index is -0.443. The first-order valence-corrected chi connectivity index (χ1v) is 7.47. The number of hydrogen-bond donors (Lipinski definition) is 2. The maximum absolute atomic E-state index is 9.73. The van der Waals surface area contributed by atoms with Gasteiger partial charge in [-0.05, 0) is 30.5 Å². The second kappa shape index (κ2) is 5.36. The van der Waals surface area contributed by atoms with Gasteiger partial charge in [0.2, 0.25) is 0 Å². The predicted octanol–water partition coefficient (Wildman–Crippen LogP) is 2.53. The number of rotatable bonds is 4. The zero-order valence-corrected chi connectivity index (χ0v) is 12.0. The summed E-state index contributed by atoms with van der Waals surface area (Å²) in [6, 6.07) is 11.7. The molecule has 2 heterocycles. The fraction of sp³-hybridized carbons (Fsp3) is 0.267. The summed E-state index contributed by atoms with van der Waals surface area (Å²) in [6.45, 7) is 2.27. The monoisotopic (exact) mass is 287 g/mol. The van der Waals surface area contributed by atoms with Gasteiger partial charge in [0, 0.05) is 4.88 Å². The molecule has 3 rings (SSSR count). The highest BCUT2D eigenvalue weighted by Gasteiger charge is 2.19. The molecule has 0 saturated heterocycles. The fourth-order valence-electron chi connectivity index (χ4n) is 2.38. The van der Waals surface area contributed by atoms with Crippen molar-refractivity contribution in [3.05, 3.63) is 52.5 Å². The van der Waals surface area contributed by atoms with Gasteiger partial charge in [-0.1, -0.05) is 18.2 Å². The van der Waals surface area contributed by atoms with Gasteiger partial charge in [0.15, 0.2) is 0 Å². The lowest BCUT2D eigenvalue weighted by molar-refractivity contribution is 0.173. The van der Waals surface area contributed by atoms with Crippen molar-refractivity contribution in [2.24, 2.45) is 5.73 Å². The number of thiophene rings is 1. The molecule has 0 spiro atoms. The summed E-state index contributed by atoms with van der Waals surface area (Å²) >= 11 is 1.62. The number of hydrogen-bond acceptors (Lipinski definition) is 4. The van der Waals surface area contributed by atoms with Gasteiger partial charge in [-0.25, -0.2) is 4.98 Å². The van der Waals surface area contributed by atoms with E-state index in [4.69, 9.17) is 5.73 Å². The summed E-state index contributed by atoms with van der Waals surface area (Å²) in [5.41, 5.74) is 8.27. The standard InChI is InChI=1S/C15H17N3OS/c1-10(19)9-18-12-6-3-2-5-11(12)17-15(18)14(16)13-7-4-8-20-13/h2-8,10,14,19H,9,16H2,1H3. The van der Waals surface area contributed by atoms with Gasteiger partial charge in [-0.15, -0.1) is 11.3 Å². The van der Waals surface area contributed by atoms with Crippen molar-refractivity contribution < 1.29 is 5.11 Å². The molecule has 0 saturated carbocycles. The molecule has 0 bridgehead atoms. The molecule has 2 atom stereocenters. The number of aliphatic hydroxyl groups excluding tert-OH is 1. The first kappa shape index (κ1) is 13.3. The number of aromatic nitrogens is 2. The van der Waals surface area contributed by atoms with Gasteiger partial charge in [-0.3, -0.25) is 0 Å². The molecule has 104 valence electrons. The average Bonchev–Trinajstić information content (AvgIpc) is 3.06. The quantitative estimate of drug-likeness (QED) is 0.775. The molecular weight excluding hydrogens is 270 g/mol. The molecule has 5 heteroatoms. The number of fused-ring (bicyclic) bond motifs is 1. The van der Waals surface area contributed by atoms with Crippen LogP contribution in [0.25, 0.3) is 11.0 Å². The van der Waals surface area contributed by atoms with Crippen LogP contribution >= 0.6 is 11.3 Å². The van der Waals surface area contributed by atoms with Gasteiger partial charge in [0.25, 0.3) is 0 Å². The Kier molecular flexibility index (Phi) is 3.56. The topological polar surface area (TPSA) is 64.1 Å². The minimum absolute atomic E-state index is 0.263. The van der Waals surface area contributed by atoms with Crippen LogP contribution in [0, 0.1) is 0 Å². The SMILES string of the molecule is CC(O)Cn1c(C(N)c2cccs2)nc2ccccc21. The Hall–Kier alpha value is -1.69. The highest BCUT2D eigenvalue weighted by molar-refractivity contribution is 7.10. The Morgan fingerprint density at radius 2 is 2.10 bits per heavy atom. The molecule has 0 fully saturated rings. The smallest absolute Gasteiger partial charge is 0.132 e. The Balaban J connectivity index is 2.13. The third-order valence-electron chi connectivity index (χ3n) is 3.26. The minimum Gasteiger partial charge on any atom is -0.392 e. The van der Waals surface area contributed by atoms with Gasteiger partial charge in [0.05, 0.1) is 29.7 Å². The number of nitrogens with two attached hydrogens (primary N) is 1. The molecule has 0 aliphatic rings. The van der Waals surface area contributed by atoms with Crippen LogP contribution in [0.3, 0.4) is 0 Å². The van der Waals surface area contributed by atoms with Crippen molar-refractivity contribution >= 4 is 22.4 Å². The number of aliphatic hydroxyl groups is 1. The molecule has 0 amide bonds. The van der Waals surface area contributed by atoms with Crippen LogP contribution in [-0.2, 0) is 6.54 Å². The molecule has 20 heavy (non-hydrogen) atoms. The van der Waals surface area contributed by atoms with Crippen LogP contribution in [-0.4, -0.2) is 20.8 Å². The van der Waals surface area contributed by atoms with E-state index in [9.17, 15) is 5.11 Å². The number of para-hydroxylation sites is 2. The van der Waals surface area contributed by atoms with Crippen LogP contribution in [0.1, 0.15) is 23.7 Å². The average molecular weight is 287 g/mol. The highest BCUT2D eigenvalue weighted by Crippen LogP contribution is 2.26. The van der Waals surface area contributed by atoms with E-state index in [0.29, 0.717) is 6.54 Å². The van der Waals surface area contributed by atoms with Gasteiger partial charge in [-0.2, -0.15) is 0 Å². The van der Waals surface area contributed by atoms with Crippen LogP contribution in [0.4, 0.5) is 0 Å². The van der Waals surface area contributed by atoms with Crippen molar-refractivity contribution in [3.63, 3.8) is 0 Å². The van der Waals surface area contributed by atoms with Crippen molar-refractivity contribution in [3.8, 4) is 0 Å². The van der Waals surface area contributed by atoms with E-state index in [-0.39, 0.29) is 6.04 Å². The lowest BCUT2D eigenvalue weighted by atomic mass is 10.2. The van der Waals surface area contributed by atoms with E-state index in [1.807, 2.05) is 46.3 Å². The highest BCUT2D eigenvalue weighted by atomic mass is 32.1. The molecule has 0 aliphatic carbocycles. The number of benzene rings is 1. The second-order valence-corrected chi connectivity index (χ2v) is 5.89. The van der Waals surface area contributed by atoms with E-state index in [0.717, 1.165) is 21.7 Å². The van der Waals surface area contributed by atoms with Crippen LogP contribution in [0.5, 0.6) is 0 Å². The number of imidazole rings is 1. The zero-order valence-electron chi connectivity index (χ0n) is 11.2. The molecular formula is C15H17N3OS. The summed E-state index contributed by atoms with van der Waals surface area (Å²) in [7, 11) is 0. The van der Waals surface area contributed by atoms with Crippen LogP contribution in [0.15, 0.2) is 41.8 Å². The van der Waals surface area contributed by atoms with E-state index in [1.54, 1.807) is 18.3 Å². The Morgan fingerprint density at radius 3 is 2.80 bits per heavy atom. The van der Waals surface area contributed by atoms with Crippen molar-refractivity contribution in [2.75, 3.05) is 0 Å². The van der Waals surface area contributed by atoms with Crippen molar-refractivity contribution in [2.45, 2.75) is 25.6 Å². The largest absolute Gasteiger partial charge is 0.392 e. The summed E-state index contributed by atoms with van der Waals surface area (Å²) in [5.74, 6) is 0.801. The Morgan fingerprint density at radius 1 is 1.30 bits per heavy atom. The fourth-order valence-corrected chi connectivity index (χ4v) is 3.11. The van der Waals surface area contributed by atoms with Crippen LogP contribution in [0.2, 0.25) is 0 Å². The van der Waals surface area contributed by atoms with Gasteiger partial charge >= 0.3 is 0 Å². The molecule has 2 unspecified atom stereocenters. The van der Waals surface area contributed by atoms with E-state index in [1.165, 1.54) is 0 Å². The summed E-state index contributed by atoms with van der Waals surface area (Å²) in [6.07, 6.45) is -0.443. The first-order chi connectivity index (χ1) is 9.66. The normalized spacial score (nSPS) is 14.6. The van der Waals surface area contributed by atoms with Gasteiger partial charge in [0.1, 0.15) is 5.82 Å². The Bertz CT molecular complexity index is 703. The lowest BCUT2D eigenvalue weighted by Gasteiger charge is -2.15. The zero-order chi connectivity index (χ0) is 14.1. The molecule has 1 aromatic carbocycles. The molecule has 3 N–H and O–H groups in total. The summed E-state index contributed by atoms with van der Waals surface area (Å²) in [5, 5.41) is 11.7. The van der Waals surface area contributed by atoms with Crippen molar-refractivity contribution in [1.82, 2.24) is 9.55 Å². The summed E-state index contributed by atoms with van der Waals surface area (Å²) < 4.78 is 2.02. The predicted molar refractivity (Wildman–Crippen MR) is 81.8 cm³/mol. The van der Waals surface area contributed by atoms with Gasteiger partial charge < -0.3 is 15.4 Å². The first-order valence-electron chi connectivity index (χ1n) is 6.59. The lowest BCUT2D eigenvalue weighted by Crippen LogP contribution is -2.20. The van der Waals surface area contributed by atoms with E-state index < -0.39 is 6.10 Å². The molecule has 0 radical (unpaired) electrons. The maximum Gasteiger partial charge on any atom is 0.132 e. The second-order valence-electron chi connectivity index (χ2n) is 4.91.